The number of carbonyl (C=O) groups excluding carboxylic acids is 2. The van der Waals surface area contributed by atoms with Crippen molar-refractivity contribution in [2.45, 2.75) is 19.3 Å². The SMILES string of the molecule is O=C(Nc1ccc(F)c(F)c1F)[C@H]1CC(=O)N(CC2CC2)C1. The number of likely N-dealkylation sites (tertiary alicyclic amines) is 1. The zero-order chi connectivity index (χ0) is 15.9. The minimum absolute atomic E-state index is 0.0594. The third kappa shape index (κ3) is 2.93. The van der Waals surface area contributed by atoms with Crippen LogP contribution in [0.2, 0.25) is 0 Å². The number of carbonyl (C=O) groups is 2. The van der Waals surface area contributed by atoms with E-state index < -0.39 is 35.0 Å². The van der Waals surface area contributed by atoms with E-state index in [9.17, 15) is 22.8 Å². The van der Waals surface area contributed by atoms with Crippen molar-refractivity contribution in [3.8, 4) is 0 Å². The fraction of sp³-hybridized carbons (Fsp3) is 0.467. The molecule has 118 valence electrons. The lowest BCUT2D eigenvalue weighted by atomic mass is 10.1. The summed E-state index contributed by atoms with van der Waals surface area (Å²) >= 11 is 0. The van der Waals surface area contributed by atoms with Crippen molar-refractivity contribution in [3.05, 3.63) is 29.6 Å². The average molecular weight is 312 g/mol. The highest BCUT2D eigenvalue weighted by atomic mass is 19.2. The van der Waals surface area contributed by atoms with Crippen LogP contribution in [-0.2, 0) is 9.59 Å². The Hall–Kier alpha value is -2.05. The van der Waals surface area contributed by atoms with E-state index in [0.717, 1.165) is 25.0 Å². The fourth-order valence-corrected chi connectivity index (χ4v) is 2.59. The molecule has 1 saturated carbocycles. The summed E-state index contributed by atoms with van der Waals surface area (Å²) < 4.78 is 39.5. The molecule has 1 heterocycles. The summed E-state index contributed by atoms with van der Waals surface area (Å²) in [5.74, 6) is -5.12. The molecule has 0 radical (unpaired) electrons. The van der Waals surface area contributed by atoms with Gasteiger partial charge in [0.2, 0.25) is 11.8 Å². The molecule has 1 aliphatic carbocycles. The van der Waals surface area contributed by atoms with Crippen LogP contribution in [-0.4, -0.2) is 29.8 Å². The highest BCUT2D eigenvalue weighted by Crippen LogP contribution is 2.32. The Labute approximate surface area is 125 Å². The molecule has 1 aliphatic heterocycles. The largest absolute Gasteiger partial charge is 0.342 e. The second-order valence-corrected chi connectivity index (χ2v) is 5.86. The number of anilines is 1. The van der Waals surface area contributed by atoms with Crippen molar-refractivity contribution in [2.24, 2.45) is 11.8 Å². The van der Waals surface area contributed by atoms with Gasteiger partial charge in [-0.1, -0.05) is 0 Å². The first-order valence-electron chi connectivity index (χ1n) is 7.18. The molecule has 0 spiro atoms. The highest BCUT2D eigenvalue weighted by Gasteiger charge is 2.37. The Morgan fingerprint density at radius 2 is 1.95 bits per heavy atom. The van der Waals surface area contributed by atoms with E-state index in [1.54, 1.807) is 4.90 Å². The summed E-state index contributed by atoms with van der Waals surface area (Å²) in [6, 6.07) is 1.71. The molecule has 1 aromatic carbocycles. The van der Waals surface area contributed by atoms with Gasteiger partial charge in [-0.25, -0.2) is 13.2 Å². The van der Waals surface area contributed by atoms with Gasteiger partial charge in [0.05, 0.1) is 11.6 Å². The predicted molar refractivity (Wildman–Crippen MR) is 72.4 cm³/mol. The summed E-state index contributed by atoms with van der Waals surface area (Å²) in [5, 5.41) is 2.23. The fourth-order valence-electron chi connectivity index (χ4n) is 2.59. The zero-order valence-corrected chi connectivity index (χ0v) is 11.7. The first-order chi connectivity index (χ1) is 10.5. The lowest BCUT2D eigenvalue weighted by Gasteiger charge is -2.16. The zero-order valence-electron chi connectivity index (χ0n) is 11.7. The third-order valence-electron chi connectivity index (χ3n) is 4.05. The third-order valence-corrected chi connectivity index (χ3v) is 4.05. The molecule has 1 saturated heterocycles. The molecule has 0 unspecified atom stereocenters. The predicted octanol–water partition coefficient (Wildman–Crippen LogP) is 2.30. The first kappa shape index (κ1) is 14.9. The number of hydrogen-bond donors (Lipinski definition) is 1. The van der Waals surface area contributed by atoms with E-state index in [-0.39, 0.29) is 18.9 Å². The maximum absolute atomic E-state index is 13.5. The summed E-state index contributed by atoms with van der Waals surface area (Å²) in [7, 11) is 0. The molecule has 22 heavy (non-hydrogen) atoms. The quantitative estimate of drug-likeness (QED) is 0.867. The molecule has 1 N–H and O–H groups in total. The molecule has 2 amide bonds. The summed E-state index contributed by atoms with van der Waals surface area (Å²) in [4.78, 5) is 25.6. The highest BCUT2D eigenvalue weighted by molar-refractivity contribution is 5.97. The van der Waals surface area contributed by atoms with Crippen molar-refractivity contribution in [2.75, 3.05) is 18.4 Å². The Bertz CT molecular complexity index is 631. The molecule has 2 fully saturated rings. The molecule has 0 aromatic heterocycles. The van der Waals surface area contributed by atoms with Crippen LogP contribution >= 0.6 is 0 Å². The Morgan fingerprint density at radius 1 is 1.23 bits per heavy atom. The van der Waals surface area contributed by atoms with Crippen molar-refractivity contribution in [3.63, 3.8) is 0 Å². The second kappa shape index (κ2) is 5.62. The number of halogens is 3. The molecule has 1 atom stereocenters. The van der Waals surface area contributed by atoms with Gasteiger partial charge in [-0.2, -0.15) is 0 Å². The summed E-state index contributed by atoms with van der Waals surface area (Å²) in [6.45, 7) is 0.939. The second-order valence-electron chi connectivity index (χ2n) is 5.86. The van der Waals surface area contributed by atoms with E-state index >= 15 is 0 Å². The lowest BCUT2D eigenvalue weighted by Crippen LogP contribution is -2.30. The van der Waals surface area contributed by atoms with E-state index in [0.29, 0.717) is 12.5 Å². The summed E-state index contributed by atoms with van der Waals surface area (Å²) in [6.07, 6.45) is 2.26. The van der Waals surface area contributed by atoms with Gasteiger partial charge < -0.3 is 10.2 Å². The normalized spacial score (nSPS) is 21.3. The number of rotatable bonds is 4. The van der Waals surface area contributed by atoms with Crippen LogP contribution in [0.15, 0.2) is 12.1 Å². The van der Waals surface area contributed by atoms with Gasteiger partial charge in [-0.05, 0) is 30.9 Å². The van der Waals surface area contributed by atoms with Crippen molar-refractivity contribution >= 4 is 17.5 Å². The Balaban J connectivity index is 1.65. The molecule has 0 bridgehead atoms. The molecule has 2 aliphatic rings. The van der Waals surface area contributed by atoms with E-state index in [2.05, 4.69) is 5.32 Å². The van der Waals surface area contributed by atoms with E-state index in [4.69, 9.17) is 0 Å². The first-order valence-corrected chi connectivity index (χ1v) is 7.18. The summed E-state index contributed by atoms with van der Waals surface area (Å²) in [5.41, 5.74) is -0.419. The Kier molecular flexibility index (Phi) is 3.80. The van der Waals surface area contributed by atoms with Crippen LogP contribution in [0.3, 0.4) is 0 Å². The molecule has 4 nitrogen and oxygen atoms in total. The maximum Gasteiger partial charge on any atom is 0.229 e. The standard InChI is InChI=1S/C15H15F3N2O2/c16-10-3-4-11(14(18)13(10)17)19-15(22)9-5-12(21)20(7-9)6-8-1-2-8/h3-4,8-9H,1-2,5-7H2,(H,19,22)/t9-/m0/s1. The number of hydrogen-bond acceptors (Lipinski definition) is 2. The van der Waals surface area contributed by atoms with Crippen LogP contribution < -0.4 is 5.32 Å². The molecule has 7 heteroatoms. The van der Waals surface area contributed by atoms with Gasteiger partial charge in [0.25, 0.3) is 0 Å². The van der Waals surface area contributed by atoms with Crippen LogP contribution in [0.4, 0.5) is 18.9 Å². The molecular weight excluding hydrogens is 297 g/mol. The number of nitrogens with zero attached hydrogens (tertiary/aromatic N) is 1. The Morgan fingerprint density at radius 3 is 2.64 bits per heavy atom. The molecule has 1 aromatic rings. The molecule has 3 rings (SSSR count). The molecular formula is C15H15F3N2O2. The van der Waals surface area contributed by atoms with Gasteiger partial charge in [-0.15, -0.1) is 0 Å². The number of amides is 2. The smallest absolute Gasteiger partial charge is 0.229 e. The van der Waals surface area contributed by atoms with Crippen molar-refractivity contribution in [1.29, 1.82) is 0 Å². The van der Waals surface area contributed by atoms with E-state index in [1.165, 1.54) is 0 Å². The van der Waals surface area contributed by atoms with Crippen molar-refractivity contribution in [1.82, 2.24) is 4.90 Å². The van der Waals surface area contributed by atoms with Crippen LogP contribution in [0.25, 0.3) is 0 Å². The van der Waals surface area contributed by atoms with Gasteiger partial charge in [0.15, 0.2) is 17.5 Å². The van der Waals surface area contributed by atoms with Crippen LogP contribution in [0.5, 0.6) is 0 Å². The van der Waals surface area contributed by atoms with Gasteiger partial charge >= 0.3 is 0 Å². The van der Waals surface area contributed by atoms with Crippen LogP contribution in [0.1, 0.15) is 19.3 Å². The van der Waals surface area contributed by atoms with Gasteiger partial charge in [-0.3, -0.25) is 9.59 Å². The lowest BCUT2D eigenvalue weighted by molar-refractivity contribution is -0.128. The average Bonchev–Trinajstić information content (AvgIpc) is 3.22. The number of benzene rings is 1. The minimum Gasteiger partial charge on any atom is -0.342 e. The number of nitrogens with one attached hydrogen (secondary N) is 1. The van der Waals surface area contributed by atoms with Gasteiger partial charge in [0.1, 0.15) is 0 Å². The monoisotopic (exact) mass is 312 g/mol. The van der Waals surface area contributed by atoms with Gasteiger partial charge in [0, 0.05) is 19.5 Å². The van der Waals surface area contributed by atoms with E-state index in [1.807, 2.05) is 0 Å². The maximum atomic E-state index is 13.5. The topological polar surface area (TPSA) is 49.4 Å². The van der Waals surface area contributed by atoms with Crippen molar-refractivity contribution < 1.29 is 22.8 Å². The minimum atomic E-state index is -1.63. The van der Waals surface area contributed by atoms with Crippen LogP contribution in [0, 0.1) is 29.3 Å².